The number of likely N-dealkylation sites (tertiary alicyclic amines) is 1. The number of carbonyl (C=O) groups is 1. The van der Waals surface area contributed by atoms with Crippen LogP contribution >= 0.6 is 0 Å². The van der Waals surface area contributed by atoms with Gasteiger partial charge in [0.1, 0.15) is 0 Å². The summed E-state index contributed by atoms with van der Waals surface area (Å²) in [5, 5.41) is 0. The van der Waals surface area contributed by atoms with Gasteiger partial charge in [0.05, 0.1) is 6.04 Å². The molecule has 1 aliphatic rings. The molecule has 20 heavy (non-hydrogen) atoms. The highest BCUT2D eigenvalue weighted by atomic mass is 16.2. The Morgan fingerprint density at radius 3 is 2.80 bits per heavy atom. The van der Waals surface area contributed by atoms with Crippen LogP contribution in [0.5, 0.6) is 0 Å². The summed E-state index contributed by atoms with van der Waals surface area (Å²) in [5.74, 6) is 0.0385. The Labute approximate surface area is 121 Å². The van der Waals surface area contributed by atoms with Gasteiger partial charge in [0, 0.05) is 26.2 Å². The lowest BCUT2D eigenvalue weighted by atomic mass is 10.0. The zero-order valence-corrected chi connectivity index (χ0v) is 12.5. The van der Waals surface area contributed by atoms with Gasteiger partial charge in [-0.25, -0.2) is 0 Å². The fourth-order valence-electron chi connectivity index (χ4n) is 2.83. The Balaban J connectivity index is 1.93. The summed E-state index contributed by atoms with van der Waals surface area (Å²) in [5.41, 5.74) is 7.02. The second-order valence-corrected chi connectivity index (χ2v) is 5.75. The molecule has 0 saturated carbocycles. The smallest absolute Gasteiger partial charge is 0.239 e. The Morgan fingerprint density at radius 1 is 1.45 bits per heavy atom. The van der Waals surface area contributed by atoms with Gasteiger partial charge in [-0.1, -0.05) is 30.3 Å². The molecule has 1 unspecified atom stereocenters. The SMILES string of the molecule is C[C@@H](N)C(=O)N(C)C1CCCN(Cc2ccccc2)C1. The van der Waals surface area contributed by atoms with E-state index in [1.165, 1.54) is 5.56 Å². The van der Waals surface area contributed by atoms with Crippen molar-refractivity contribution < 1.29 is 4.79 Å². The van der Waals surface area contributed by atoms with Crippen molar-refractivity contribution in [3.8, 4) is 0 Å². The first-order chi connectivity index (χ1) is 9.58. The van der Waals surface area contributed by atoms with Crippen molar-refractivity contribution in [3.05, 3.63) is 35.9 Å². The highest BCUT2D eigenvalue weighted by Gasteiger charge is 2.27. The van der Waals surface area contributed by atoms with Crippen molar-refractivity contribution in [1.82, 2.24) is 9.80 Å². The molecule has 2 rings (SSSR count). The monoisotopic (exact) mass is 275 g/mol. The van der Waals surface area contributed by atoms with Crippen LogP contribution < -0.4 is 5.73 Å². The molecule has 4 nitrogen and oxygen atoms in total. The molecule has 1 aromatic carbocycles. The van der Waals surface area contributed by atoms with Crippen LogP contribution in [-0.4, -0.2) is 47.9 Å². The van der Waals surface area contributed by atoms with Crippen molar-refractivity contribution in [2.75, 3.05) is 20.1 Å². The number of benzene rings is 1. The van der Waals surface area contributed by atoms with Crippen LogP contribution in [0.15, 0.2) is 30.3 Å². The fraction of sp³-hybridized carbons (Fsp3) is 0.562. The van der Waals surface area contributed by atoms with Gasteiger partial charge in [0.15, 0.2) is 0 Å². The van der Waals surface area contributed by atoms with Crippen LogP contribution in [0.1, 0.15) is 25.3 Å². The zero-order valence-electron chi connectivity index (χ0n) is 12.5. The quantitative estimate of drug-likeness (QED) is 0.905. The molecule has 0 spiro atoms. The number of piperidine rings is 1. The number of nitrogens with zero attached hydrogens (tertiary/aromatic N) is 2. The van der Waals surface area contributed by atoms with E-state index in [2.05, 4.69) is 29.2 Å². The predicted octanol–water partition coefficient (Wildman–Crippen LogP) is 1.46. The number of carbonyl (C=O) groups excluding carboxylic acids is 1. The largest absolute Gasteiger partial charge is 0.340 e. The van der Waals surface area contributed by atoms with E-state index in [-0.39, 0.29) is 11.9 Å². The van der Waals surface area contributed by atoms with Gasteiger partial charge < -0.3 is 10.6 Å². The van der Waals surface area contributed by atoms with E-state index in [0.29, 0.717) is 0 Å². The van der Waals surface area contributed by atoms with Gasteiger partial charge in [-0.05, 0) is 31.9 Å². The highest BCUT2D eigenvalue weighted by molar-refractivity contribution is 5.81. The van der Waals surface area contributed by atoms with E-state index in [0.717, 1.165) is 32.5 Å². The van der Waals surface area contributed by atoms with Gasteiger partial charge >= 0.3 is 0 Å². The molecular formula is C16H25N3O. The van der Waals surface area contributed by atoms with Gasteiger partial charge in [-0.15, -0.1) is 0 Å². The van der Waals surface area contributed by atoms with Gasteiger partial charge in [-0.2, -0.15) is 0 Å². The van der Waals surface area contributed by atoms with Crippen molar-refractivity contribution in [3.63, 3.8) is 0 Å². The van der Waals surface area contributed by atoms with Crippen LogP contribution in [0.4, 0.5) is 0 Å². The number of rotatable bonds is 4. The third-order valence-electron chi connectivity index (χ3n) is 4.01. The standard InChI is InChI=1S/C16H25N3O/c1-13(17)16(20)18(2)15-9-6-10-19(12-15)11-14-7-4-3-5-8-14/h3-5,7-8,13,15H,6,9-12,17H2,1-2H3/t13-,15?/m1/s1. The lowest BCUT2D eigenvalue weighted by Crippen LogP contribution is -2.51. The van der Waals surface area contributed by atoms with Crippen LogP contribution in [-0.2, 0) is 11.3 Å². The van der Waals surface area contributed by atoms with Crippen LogP contribution in [0.3, 0.4) is 0 Å². The molecule has 1 fully saturated rings. The molecule has 2 N–H and O–H groups in total. The second-order valence-electron chi connectivity index (χ2n) is 5.75. The topological polar surface area (TPSA) is 49.6 Å². The average Bonchev–Trinajstić information content (AvgIpc) is 2.47. The summed E-state index contributed by atoms with van der Waals surface area (Å²) in [6, 6.07) is 10.4. The minimum Gasteiger partial charge on any atom is -0.340 e. The Kier molecular flexibility index (Phi) is 5.15. The van der Waals surface area contributed by atoms with Crippen molar-refractivity contribution in [1.29, 1.82) is 0 Å². The van der Waals surface area contributed by atoms with Gasteiger partial charge in [0.25, 0.3) is 0 Å². The molecule has 1 saturated heterocycles. The van der Waals surface area contributed by atoms with E-state index < -0.39 is 6.04 Å². The Hall–Kier alpha value is -1.39. The first-order valence-corrected chi connectivity index (χ1v) is 7.36. The van der Waals surface area contributed by atoms with Crippen LogP contribution in [0.2, 0.25) is 0 Å². The van der Waals surface area contributed by atoms with E-state index in [4.69, 9.17) is 5.73 Å². The summed E-state index contributed by atoms with van der Waals surface area (Å²) < 4.78 is 0. The number of likely N-dealkylation sites (N-methyl/N-ethyl adjacent to an activating group) is 1. The summed E-state index contributed by atoms with van der Waals surface area (Å²) in [7, 11) is 1.88. The van der Waals surface area contributed by atoms with Crippen molar-refractivity contribution in [2.24, 2.45) is 5.73 Å². The number of nitrogens with two attached hydrogens (primary N) is 1. The maximum atomic E-state index is 12.0. The van der Waals surface area contributed by atoms with Crippen LogP contribution in [0, 0.1) is 0 Å². The Bertz CT molecular complexity index is 433. The third kappa shape index (κ3) is 3.81. The van der Waals surface area contributed by atoms with Gasteiger partial charge in [0.2, 0.25) is 5.91 Å². The lowest BCUT2D eigenvalue weighted by Gasteiger charge is -2.38. The lowest BCUT2D eigenvalue weighted by molar-refractivity contribution is -0.134. The third-order valence-corrected chi connectivity index (χ3v) is 4.01. The molecule has 0 radical (unpaired) electrons. The molecular weight excluding hydrogens is 250 g/mol. The van der Waals surface area contributed by atoms with E-state index >= 15 is 0 Å². The normalized spacial score (nSPS) is 21.4. The minimum absolute atomic E-state index is 0.0385. The highest BCUT2D eigenvalue weighted by Crippen LogP contribution is 2.17. The molecule has 0 aliphatic carbocycles. The van der Waals surface area contributed by atoms with Crippen molar-refractivity contribution in [2.45, 2.75) is 38.4 Å². The molecule has 2 atom stereocenters. The van der Waals surface area contributed by atoms with E-state index in [9.17, 15) is 4.79 Å². The predicted molar refractivity (Wildman–Crippen MR) is 81.2 cm³/mol. The number of amides is 1. The molecule has 1 aliphatic heterocycles. The fourth-order valence-corrected chi connectivity index (χ4v) is 2.83. The zero-order chi connectivity index (χ0) is 14.5. The van der Waals surface area contributed by atoms with Crippen molar-refractivity contribution >= 4 is 5.91 Å². The summed E-state index contributed by atoms with van der Waals surface area (Å²) in [6.07, 6.45) is 2.20. The summed E-state index contributed by atoms with van der Waals surface area (Å²) in [4.78, 5) is 16.2. The maximum Gasteiger partial charge on any atom is 0.239 e. The number of hydrogen-bond donors (Lipinski definition) is 1. The summed E-state index contributed by atoms with van der Waals surface area (Å²) >= 11 is 0. The molecule has 110 valence electrons. The summed E-state index contributed by atoms with van der Waals surface area (Å²) in [6.45, 7) is 4.75. The van der Waals surface area contributed by atoms with Crippen LogP contribution in [0.25, 0.3) is 0 Å². The molecule has 4 heteroatoms. The maximum absolute atomic E-state index is 12.0. The molecule has 0 bridgehead atoms. The second kappa shape index (κ2) is 6.86. The minimum atomic E-state index is -0.413. The molecule has 0 aromatic heterocycles. The number of hydrogen-bond acceptors (Lipinski definition) is 3. The van der Waals surface area contributed by atoms with E-state index in [1.54, 1.807) is 6.92 Å². The first kappa shape index (κ1) is 15.0. The Morgan fingerprint density at radius 2 is 2.15 bits per heavy atom. The average molecular weight is 275 g/mol. The first-order valence-electron chi connectivity index (χ1n) is 7.36. The molecule has 1 amide bonds. The van der Waals surface area contributed by atoms with E-state index in [1.807, 2.05) is 18.0 Å². The molecule has 1 aromatic rings. The van der Waals surface area contributed by atoms with Gasteiger partial charge in [-0.3, -0.25) is 9.69 Å². The molecule has 1 heterocycles.